The van der Waals surface area contributed by atoms with Crippen LogP contribution in [0.4, 0.5) is 0 Å². The Kier molecular flexibility index (Phi) is 2.48. The second-order valence-electron chi connectivity index (χ2n) is 3.75. The molecule has 0 aliphatic carbocycles. The van der Waals surface area contributed by atoms with Gasteiger partial charge in [-0.05, 0) is 46.7 Å². The van der Waals surface area contributed by atoms with E-state index < -0.39 is 0 Å². The van der Waals surface area contributed by atoms with Crippen LogP contribution in [-0.4, -0.2) is 15.1 Å². The molecule has 0 N–H and O–H groups in total. The number of imidazole rings is 1. The summed E-state index contributed by atoms with van der Waals surface area (Å²) in [6, 6.07) is 4.07. The van der Waals surface area contributed by atoms with Gasteiger partial charge in [0.15, 0.2) is 5.65 Å². The van der Waals surface area contributed by atoms with Crippen molar-refractivity contribution in [2.45, 2.75) is 18.1 Å². The van der Waals surface area contributed by atoms with E-state index in [-0.39, 0.29) is 0 Å². The Labute approximate surface area is 101 Å². The third-order valence-electron chi connectivity index (χ3n) is 2.71. The monoisotopic (exact) mass is 282 g/mol. The van der Waals surface area contributed by atoms with Crippen LogP contribution in [0.5, 0.6) is 0 Å². The molecule has 1 unspecified atom stereocenters. The molecule has 1 fully saturated rings. The molecule has 0 radical (unpaired) electrons. The van der Waals surface area contributed by atoms with E-state index in [1.54, 1.807) is 0 Å². The van der Waals surface area contributed by atoms with E-state index in [9.17, 15) is 0 Å². The number of rotatable bonds is 1. The summed E-state index contributed by atoms with van der Waals surface area (Å²) in [6.07, 6.45) is 6.80. The lowest BCUT2D eigenvalue weighted by Gasteiger charge is -2.01. The van der Waals surface area contributed by atoms with E-state index in [0.29, 0.717) is 5.25 Å². The maximum atomic E-state index is 4.69. The Balaban J connectivity index is 2.09. The molecule has 0 aromatic carbocycles. The molecule has 0 saturated carbocycles. The van der Waals surface area contributed by atoms with Crippen LogP contribution >= 0.6 is 27.7 Å². The third-order valence-corrected chi connectivity index (χ3v) is 4.74. The molecule has 1 saturated heterocycles. The molecule has 15 heavy (non-hydrogen) atoms. The van der Waals surface area contributed by atoms with Gasteiger partial charge in [-0.15, -0.1) is 0 Å². The van der Waals surface area contributed by atoms with E-state index in [0.717, 1.165) is 10.1 Å². The largest absolute Gasteiger partial charge is 0.306 e. The van der Waals surface area contributed by atoms with E-state index >= 15 is 0 Å². The van der Waals surface area contributed by atoms with Gasteiger partial charge < -0.3 is 4.40 Å². The van der Waals surface area contributed by atoms with Gasteiger partial charge in [0, 0.05) is 17.6 Å². The lowest BCUT2D eigenvalue weighted by molar-refractivity contribution is 0.813. The molecule has 2 aromatic rings. The van der Waals surface area contributed by atoms with Gasteiger partial charge in [0.2, 0.25) is 0 Å². The SMILES string of the molecule is Brc1cccn2cc(C3CCCS3)nc12. The van der Waals surface area contributed by atoms with E-state index in [1.165, 1.54) is 24.3 Å². The highest BCUT2D eigenvalue weighted by molar-refractivity contribution is 9.10. The van der Waals surface area contributed by atoms with E-state index in [2.05, 4.69) is 37.7 Å². The van der Waals surface area contributed by atoms with Gasteiger partial charge in [0.1, 0.15) is 0 Å². The summed E-state index contributed by atoms with van der Waals surface area (Å²) in [6.45, 7) is 0. The summed E-state index contributed by atoms with van der Waals surface area (Å²) in [7, 11) is 0. The predicted molar refractivity (Wildman–Crippen MR) is 67.3 cm³/mol. The predicted octanol–water partition coefficient (Wildman–Crippen LogP) is 3.66. The Bertz CT molecular complexity index is 488. The zero-order chi connectivity index (χ0) is 10.3. The first kappa shape index (κ1) is 9.73. The minimum absolute atomic E-state index is 0.608. The molecule has 0 bridgehead atoms. The molecule has 3 heterocycles. The fraction of sp³-hybridized carbons (Fsp3) is 0.364. The molecule has 2 nitrogen and oxygen atoms in total. The molecule has 0 amide bonds. The number of thioether (sulfide) groups is 1. The van der Waals surface area contributed by atoms with Gasteiger partial charge in [-0.1, -0.05) is 0 Å². The summed E-state index contributed by atoms with van der Waals surface area (Å²) in [5.74, 6) is 1.28. The highest BCUT2D eigenvalue weighted by atomic mass is 79.9. The number of hydrogen-bond acceptors (Lipinski definition) is 2. The maximum absolute atomic E-state index is 4.69. The van der Waals surface area contributed by atoms with Gasteiger partial charge in [-0.25, -0.2) is 4.98 Å². The van der Waals surface area contributed by atoms with Crippen molar-refractivity contribution in [2.24, 2.45) is 0 Å². The van der Waals surface area contributed by atoms with Crippen LogP contribution in [0.3, 0.4) is 0 Å². The van der Waals surface area contributed by atoms with E-state index in [1.807, 2.05) is 23.9 Å². The van der Waals surface area contributed by atoms with Crippen molar-refractivity contribution in [3.63, 3.8) is 0 Å². The lowest BCUT2D eigenvalue weighted by atomic mass is 10.2. The van der Waals surface area contributed by atoms with Crippen molar-refractivity contribution in [1.82, 2.24) is 9.38 Å². The standard InChI is InChI=1S/C11H11BrN2S/c12-8-3-1-5-14-7-9(13-11(8)14)10-4-2-6-15-10/h1,3,5,7,10H,2,4,6H2. The minimum Gasteiger partial charge on any atom is -0.306 e. The summed E-state index contributed by atoms with van der Waals surface area (Å²) in [4.78, 5) is 4.69. The smallest absolute Gasteiger partial charge is 0.151 e. The molecular weight excluding hydrogens is 272 g/mol. The van der Waals surface area contributed by atoms with Gasteiger partial charge >= 0.3 is 0 Å². The molecule has 1 aliphatic rings. The van der Waals surface area contributed by atoms with Crippen LogP contribution in [0, 0.1) is 0 Å². The molecule has 0 spiro atoms. The molecule has 2 aromatic heterocycles. The van der Waals surface area contributed by atoms with Crippen molar-refractivity contribution < 1.29 is 0 Å². The molecule has 1 atom stereocenters. The number of nitrogens with zero attached hydrogens (tertiary/aromatic N) is 2. The minimum atomic E-state index is 0.608. The number of pyridine rings is 1. The van der Waals surface area contributed by atoms with Crippen LogP contribution < -0.4 is 0 Å². The highest BCUT2D eigenvalue weighted by Gasteiger charge is 2.20. The first-order valence-electron chi connectivity index (χ1n) is 5.09. The first-order chi connectivity index (χ1) is 7.34. The molecule has 1 aliphatic heterocycles. The summed E-state index contributed by atoms with van der Waals surface area (Å²) in [5, 5.41) is 0.608. The van der Waals surface area contributed by atoms with Gasteiger partial charge in [-0.2, -0.15) is 11.8 Å². The molecular formula is C11H11BrN2S. The van der Waals surface area contributed by atoms with Crippen LogP contribution in [0.15, 0.2) is 29.0 Å². The van der Waals surface area contributed by atoms with E-state index in [4.69, 9.17) is 0 Å². The quantitative estimate of drug-likeness (QED) is 0.794. The van der Waals surface area contributed by atoms with Crippen molar-refractivity contribution in [3.8, 4) is 0 Å². The zero-order valence-corrected chi connectivity index (χ0v) is 10.6. The van der Waals surface area contributed by atoms with Crippen LogP contribution in [0.25, 0.3) is 5.65 Å². The average Bonchev–Trinajstić information content (AvgIpc) is 2.86. The first-order valence-corrected chi connectivity index (χ1v) is 6.93. The van der Waals surface area contributed by atoms with Crippen molar-refractivity contribution in [3.05, 3.63) is 34.7 Å². The van der Waals surface area contributed by atoms with Crippen molar-refractivity contribution in [1.29, 1.82) is 0 Å². The van der Waals surface area contributed by atoms with Crippen LogP contribution in [0.1, 0.15) is 23.8 Å². The van der Waals surface area contributed by atoms with Crippen LogP contribution in [0.2, 0.25) is 0 Å². The summed E-state index contributed by atoms with van der Waals surface area (Å²) in [5.41, 5.74) is 2.25. The Morgan fingerprint density at radius 1 is 1.53 bits per heavy atom. The fourth-order valence-corrected chi connectivity index (χ4v) is 3.65. The zero-order valence-electron chi connectivity index (χ0n) is 8.19. The summed E-state index contributed by atoms with van der Waals surface area (Å²) < 4.78 is 3.16. The second-order valence-corrected chi connectivity index (χ2v) is 5.92. The van der Waals surface area contributed by atoms with Crippen molar-refractivity contribution in [2.75, 3.05) is 5.75 Å². The van der Waals surface area contributed by atoms with Crippen molar-refractivity contribution >= 4 is 33.3 Å². The Morgan fingerprint density at radius 2 is 2.47 bits per heavy atom. The Morgan fingerprint density at radius 3 is 3.20 bits per heavy atom. The third kappa shape index (κ3) is 1.70. The molecule has 4 heteroatoms. The topological polar surface area (TPSA) is 17.3 Å². The Hall–Kier alpha value is -0.480. The van der Waals surface area contributed by atoms with Gasteiger partial charge in [0.25, 0.3) is 0 Å². The fourth-order valence-electron chi connectivity index (χ4n) is 1.96. The van der Waals surface area contributed by atoms with Gasteiger partial charge in [-0.3, -0.25) is 0 Å². The maximum Gasteiger partial charge on any atom is 0.151 e. The number of aromatic nitrogens is 2. The highest BCUT2D eigenvalue weighted by Crippen LogP contribution is 2.39. The number of fused-ring (bicyclic) bond motifs is 1. The molecule has 78 valence electrons. The lowest BCUT2D eigenvalue weighted by Crippen LogP contribution is -1.87. The molecule has 3 rings (SSSR count). The second kappa shape index (κ2) is 3.83. The summed E-state index contributed by atoms with van der Waals surface area (Å²) >= 11 is 5.55. The number of halogens is 1. The number of hydrogen-bond donors (Lipinski definition) is 0. The normalized spacial score (nSPS) is 21.3. The van der Waals surface area contributed by atoms with Crippen LogP contribution in [-0.2, 0) is 0 Å². The average molecular weight is 283 g/mol. The van der Waals surface area contributed by atoms with Gasteiger partial charge in [0.05, 0.1) is 10.2 Å².